The number of amides is 1. The number of thioether (sulfide) groups is 1. The first-order chi connectivity index (χ1) is 13.5. The highest BCUT2D eigenvalue weighted by atomic mass is 35.5. The van der Waals surface area contributed by atoms with E-state index in [0.717, 1.165) is 0 Å². The number of nitrogens with two attached hydrogens (primary N) is 1. The van der Waals surface area contributed by atoms with Gasteiger partial charge in [0, 0.05) is 42.1 Å². The summed E-state index contributed by atoms with van der Waals surface area (Å²) < 4.78 is 20.4. The first-order valence-electron chi connectivity index (χ1n) is 8.77. The van der Waals surface area contributed by atoms with Crippen LogP contribution >= 0.6 is 23.4 Å². The number of carbonyl (C=O) groups is 1. The molecule has 1 aromatic carbocycles. The SMILES string of the molecule is NC1=N[C@@]2(c3cc(NC(=O)c4ccc(Cl)cn4)ccc3F)CCOCC2CS1. The third kappa shape index (κ3) is 3.59. The Balaban J connectivity index is 1.68. The fraction of sp³-hybridized carbons (Fsp3) is 0.316. The van der Waals surface area contributed by atoms with E-state index in [-0.39, 0.29) is 17.4 Å². The van der Waals surface area contributed by atoms with Crippen LogP contribution < -0.4 is 11.1 Å². The molecule has 3 N–H and O–H groups in total. The second-order valence-corrected chi connectivity index (χ2v) is 8.19. The van der Waals surface area contributed by atoms with E-state index in [9.17, 15) is 9.18 Å². The second-order valence-electron chi connectivity index (χ2n) is 6.72. The van der Waals surface area contributed by atoms with E-state index < -0.39 is 11.4 Å². The minimum absolute atomic E-state index is 0.0110. The molecule has 28 heavy (non-hydrogen) atoms. The van der Waals surface area contributed by atoms with Gasteiger partial charge in [-0.15, -0.1) is 0 Å². The number of rotatable bonds is 3. The van der Waals surface area contributed by atoms with E-state index in [1.807, 2.05) is 0 Å². The maximum atomic E-state index is 14.9. The lowest BCUT2D eigenvalue weighted by Crippen LogP contribution is -2.47. The van der Waals surface area contributed by atoms with E-state index in [0.29, 0.717) is 46.8 Å². The number of carbonyl (C=O) groups excluding carboxylic acids is 1. The molecule has 0 radical (unpaired) electrons. The fourth-order valence-corrected chi connectivity index (χ4v) is 4.68. The van der Waals surface area contributed by atoms with Gasteiger partial charge in [0.15, 0.2) is 5.17 Å². The van der Waals surface area contributed by atoms with Gasteiger partial charge in [0.25, 0.3) is 5.91 Å². The van der Waals surface area contributed by atoms with Gasteiger partial charge in [-0.2, -0.15) is 0 Å². The lowest BCUT2D eigenvalue weighted by molar-refractivity contribution is 0.00886. The Morgan fingerprint density at radius 1 is 1.39 bits per heavy atom. The van der Waals surface area contributed by atoms with Gasteiger partial charge in [-0.1, -0.05) is 23.4 Å². The van der Waals surface area contributed by atoms with Crippen molar-refractivity contribution in [1.82, 2.24) is 4.98 Å². The molecular formula is C19H18ClFN4O2S. The Hall–Kier alpha value is -2.16. The summed E-state index contributed by atoms with van der Waals surface area (Å²) in [6, 6.07) is 7.60. The highest BCUT2D eigenvalue weighted by molar-refractivity contribution is 8.13. The second kappa shape index (κ2) is 7.69. The van der Waals surface area contributed by atoms with Crippen LogP contribution in [0.15, 0.2) is 41.5 Å². The zero-order valence-electron chi connectivity index (χ0n) is 14.8. The molecule has 0 spiro atoms. The summed E-state index contributed by atoms with van der Waals surface area (Å²) in [4.78, 5) is 21.1. The molecule has 9 heteroatoms. The zero-order valence-corrected chi connectivity index (χ0v) is 16.4. The van der Waals surface area contributed by atoms with Crippen LogP contribution in [0.3, 0.4) is 0 Å². The first-order valence-corrected chi connectivity index (χ1v) is 10.1. The summed E-state index contributed by atoms with van der Waals surface area (Å²) in [6.45, 7) is 0.969. The van der Waals surface area contributed by atoms with Crippen LogP contribution in [0.1, 0.15) is 22.5 Å². The van der Waals surface area contributed by atoms with Crippen LogP contribution in [0.5, 0.6) is 0 Å². The number of amidine groups is 1. The Kier molecular flexibility index (Phi) is 5.27. The maximum Gasteiger partial charge on any atom is 0.274 e. The summed E-state index contributed by atoms with van der Waals surface area (Å²) in [5, 5.41) is 3.64. The molecule has 1 unspecified atom stereocenters. The molecule has 0 bridgehead atoms. The van der Waals surface area contributed by atoms with E-state index >= 15 is 0 Å². The largest absolute Gasteiger partial charge is 0.381 e. The van der Waals surface area contributed by atoms with Crippen molar-refractivity contribution in [1.29, 1.82) is 0 Å². The minimum atomic E-state index is -0.781. The quantitative estimate of drug-likeness (QED) is 0.794. The van der Waals surface area contributed by atoms with Crippen LogP contribution in [0, 0.1) is 11.7 Å². The van der Waals surface area contributed by atoms with Crippen molar-refractivity contribution in [3.63, 3.8) is 0 Å². The molecule has 0 saturated carbocycles. The van der Waals surface area contributed by atoms with Crippen molar-refractivity contribution >= 4 is 40.1 Å². The number of nitrogens with one attached hydrogen (secondary N) is 1. The number of aliphatic imine (C=N–C) groups is 1. The van der Waals surface area contributed by atoms with Crippen LogP contribution in [0.2, 0.25) is 5.02 Å². The predicted molar refractivity (Wildman–Crippen MR) is 108 cm³/mol. The molecule has 1 aromatic heterocycles. The number of pyridine rings is 1. The van der Waals surface area contributed by atoms with Crippen LogP contribution in [0.25, 0.3) is 0 Å². The lowest BCUT2D eigenvalue weighted by atomic mass is 9.75. The molecule has 0 aliphatic carbocycles. The number of nitrogens with zero attached hydrogens (tertiary/aromatic N) is 2. The van der Waals surface area contributed by atoms with Crippen LogP contribution in [-0.2, 0) is 10.3 Å². The fourth-order valence-electron chi connectivity index (χ4n) is 3.60. The Morgan fingerprint density at radius 3 is 3.04 bits per heavy atom. The van der Waals surface area contributed by atoms with Gasteiger partial charge in [0.05, 0.1) is 17.2 Å². The standard InChI is InChI=1S/C19H18ClFN4O2S/c20-12-1-4-16(23-8-12)17(26)24-13-2-3-15(21)14(7-13)19-5-6-27-9-11(19)10-28-18(22)25-19/h1-4,7-8,11H,5-6,9-10H2,(H2,22,25)(H,24,26)/t11?,19-/m0/s1. The normalized spacial score (nSPS) is 24.2. The van der Waals surface area contributed by atoms with Crippen molar-refractivity contribution in [2.24, 2.45) is 16.6 Å². The number of benzene rings is 1. The van der Waals surface area contributed by atoms with Crippen molar-refractivity contribution < 1.29 is 13.9 Å². The van der Waals surface area contributed by atoms with Gasteiger partial charge in [-0.05, 0) is 30.3 Å². The number of fused-ring (bicyclic) bond motifs is 1. The van der Waals surface area contributed by atoms with Gasteiger partial charge in [-0.3, -0.25) is 9.79 Å². The van der Waals surface area contributed by atoms with Gasteiger partial charge >= 0.3 is 0 Å². The van der Waals surface area contributed by atoms with E-state index in [1.54, 1.807) is 12.1 Å². The molecule has 4 rings (SSSR count). The third-order valence-corrected chi connectivity index (χ3v) is 6.19. The molecule has 146 valence electrons. The summed E-state index contributed by atoms with van der Waals surface area (Å²) >= 11 is 7.26. The zero-order chi connectivity index (χ0) is 19.7. The number of halogens is 2. The molecule has 3 heterocycles. The Bertz CT molecular complexity index is 940. The molecular weight excluding hydrogens is 403 g/mol. The maximum absolute atomic E-state index is 14.9. The van der Waals surface area contributed by atoms with Crippen molar-refractivity contribution in [2.75, 3.05) is 24.3 Å². The molecule has 2 aromatic rings. The summed E-state index contributed by atoms with van der Waals surface area (Å²) in [6.07, 6.45) is 1.93. The van der Waals surface area contributed by atoms with E-state index in [2.05, 4.69) is 15.3 Å². The average Bonchev–Trinajstić information content (AvgIpc) is 2.69. The monoisotopic (exact) mass is 420 g/mol. The lowest BCUT2D eigenvalue weighted by Gasteiger charge is -2.44. The van der Waals surface area contributed by atoms with E-state index in [4.69, 9.17) is 22.1 Å². The average molecular weight is 421 g/mol. The number of hydrogen-bond donors (Lipinski definition) is 2. The predicted octanol–water partition coefficient (Wildman–Crippen LogP) is 3.42. The number of aromatic nitrogens is 1. The van der Waals surface area contributed by atoms with Gasteiger partial charge in [0.1, 0.15) is 11.5 Å². The number of anilines is 1. The number of hydrogen-bond acceptors (Lipinski definition) is 6. The summed E-state index contributed by atoms with van der Waals surface area (Å²) in [5.74, 6) is -0.0626. The first kappa shape index (κ1) is 19.2. The molecule has 2 aliphatic rings. The van der Waals surface area contributed by atoms with Crippen molar-refractivity contribution in [3.05, 3.63) is 58.6 Å². The molecule has 1 amide bonds. The topological polar surface area (TPSA) is 89.6 Å². The molecule has 1 saturated heterocycles. The highest BCUT2D eigenvalue weighted by Crippen LogP contribution is 2.46. The molecule has 2 atom stereocenters. The third-order valence-electron chi connectivity index (χ3n) is 5.01. The summed E-state index contributed by atoms with van der Waals surface area (Å²) in [7, 11) is 0. The van der Waals surface area contributed by atoms with Gasteiger partial charge < -0.3 is 15.8 Å². The molecule has 1 fully saturated rings. The van der Waals surface area contributed by atoms with Crippen LogP contribution in [0.4, 0.5) is 10.1 Å². The Labute approximate surface area is 170 Å². The number of ether oxygens (including phenoxy) is 1. The van der Waals surface area contributed by atoms with Crippen molar-refractivity contribution in [3.8, 4) is 0 Å². The van der Waals surface area contributed by atoms with E-state index in [1.165, 1.54) is 36.2 Å². The van der Waals surface area contributed by atoms with Gasteiger partial charge in [0.2, 0.25) is 0 Å². The summed E-state index contributed by atoms with van der Waals surface area (Å²) in [5.41, 5.74) is 6.30. The molecule has 2 aliphatic heterocycles. The van der Waals surface area contributed by atoms with Crippen molar-refractivity contribution in [2.45, 2.75) is 12.0 Å². The minimum Gasteiger partial charge on any atom is -0.381 e. The molecule has 6 nitrogen and oxygen atoms in total. The van der Waals surface area contributed by atoms with Gasteiger partial charge in [-0.25, -0.2) is 9.37 Å². The highest BCUT2D eigenvalue weighted by Gasteiger charge is 2.47. The smallest absolute Gasteiger partial charge is 0.274 e. The van der Waals surface area contributed by atoms with Crippen LogP contribution in [-0.4, -0.2) is 35.0 Å². The Morgan fingerprint density at radius 2 is 2.25 bits per heavy atom.